The molecule has 0 fully saturated rings. The summed E-state index contributed by atoms with van der Waals surface area (Å²) in [6.07, 6.45) is -0.418. The van der Waals surface area contributed by atoms with Crippen molar-refractivity contribution in [3.05, 3.63) is 10.1 Å². The monoisotopic (exact) mass is 375 g/mol. The average molecular weight is 375 g/mol. The fraction of sp³-hybridized carbons (Fsp3) is 0.692. The Balaban J connectivity index is 4.71. The number of nitrogens with one attached hydrogen (secondary N) is 3. The number of rotatable bonds is 9. The predicted molar refractivity (Wildman–Crippen MR) is 91.2 cm³/mol. The molecule has 1 atom stereocenters. The summed E-state index contributed by atoms with van der Waals surface area (Å²) in [5.74, 6) is -1.75. The first-order valence-electron chi connectivity index (χ1n) is 7.67. The molecular formula is C13H25N7O6. The van der Waals surface area contributed by atoms with Crippen molar-refractivity contribution < 1.29 is 24.2 Å². The van der Waals surface area contributed by atoms with Crippen LogP contribution in [0.2, 0.25) is 0 Å². The Bertz CT molecular complexity index is 558. The van der Waals surface area contributed by atoms with Crippen LogP contribution < -0.4 is 27.5 Å². The van der Waals surface area contributed by atoms with Gasteiger partial charge in [-0.2, -0.15) is 0 Å². The molecule has 0 heterocycles. The summed E-state index contributed by atoms with van der Waals surface area (Å²) in [6, 6.07) is -1.01. The zero-order valence-corrected chi connectivity index (χ0v) is 14.9. The highest BCUT2D eigenvalue weighted by atomic mass is 16.7. The van der Waals surface area contributed by atoms with Crippen LogP contribution in [0.4, 0.5) is 4.79 Å². The van der Waals surface area contributed by atoms with Gasteiger partial charge in [-0.1, -0.05) is 5.43 Å². The summed E-state index contributed by atoms with van der Waals surface area (Å²) in [5.41, 5.74) is 11.1. The average Bonchev–Trinajstić information content (AvgIpc) is 2.45. The van der Waals surface area contributed by atoms with E-state index in [-0.39, 0.29) is 31.9 Å². The number of carbonyl (C=O) groups excluding carboxylic acids is 3. The number of aliphatic imine (C=N–C) groups is 1. The number of primary amides is 1. The van der Waals surface area contributed by atoms with Gasteiger partial charge in [0.15, 0.2) is 5.03 Å². The number of amides is 3. The van der Waals surface area contributed by atoms with Gasteiger partial charge in [0.05, 0.1) is 6.54 Å². The van der Waals surface area contributed by atoms with E-state index in [1.54, 1.807) is 26.2 Å². The van der Waals surface area contributed by atoms with Gasteiger partial charge in [0.25, 0.3) is 5.96 Å². The summed E-state index contributed by atoms with van der Waals surface area (Å²) in [7, 11) is 0. The third kappa shape index (κ3) is 12.3. The number of guanidine groups is 1. The van der Waals surface area contributed by atoms with Crippen LogP contribution in [0.1, 0.15) is 33.6 Å². The van der Waals surface area contributed by atoms with Crippen molar-refractivity contribution in [1.82, 2.24) is 16.1 Å². The molecule has 0 unspecified atom stereocenters. The Morgan fingerprint density at radius 1 is 1.27 bits per heavy atom. The Morgan fingerprint density at radius 2 is 1.88 bits per heavy atom. The fourth-order valence-corrected chi connectivity index (χ4v) is 1.64. The van der Waals surface area contributed by atoms with Crippen molar-refractivity contribution >= 4 is 23.9 Å². The summed E-state index contributed by atoms with van der Waals surface area (Å²) < 4.78 is 5.08. The number of nitro groups is 1. The van der Waals surface area contributed by atoms with Gasteiger partial charge in [0.1, 0.15) is 11.6 Å². The number of hydrogen-bond acceptors (Lipinski definition) is 7. The molecule has 0 spiro atoms. The molecule has 0 aromatic carbocycles. The number of alkyl carbamates (subject to hydrolysis) is 1. The maximum Gasteiger partial charge on any atom is 0.408 e. The van der Waals surface area contributed by atoms with Crippen LogP contribution in [-0.4, -0.2) is 53.6 Å². The topological polar surface area (TPSA) is 204 Å². The van der Waals surface area contributed by atoms with E-state index in [4.69, 9.17) is 16.2 Å². The lowest BCUT2D eigenvalue weighted by Gasteiger charge is -2.23. The molecule has 0 saturated heterocycles. The van der Waals surface area contributed by atoms with E-state index < -0.39 is 34.6 Å². The van der Waals surface area contributed by atoms with Crippen LogP contribution in [0, 0.1) is 10.1 Å². The van der Waals surface area contributed by atoms with Crippen LogP contribution >= 0.6 is 0 Å². The third-order valence-electron chi connectivity index (χ3n) is 2.58. The van der Waals surface area contributed by atoms with Crippen LogP contribution in [0.25, 0.3) is 0 Å². The lowest BCUT2D eigenvalue weighted by atomic mass is 10.1. The molecule has 3 amide bonds. The minimum absolute atomic E-state index is 0.0717. The van der Waals surface area contributed by atoms with Crippen molar-refractivity contribution in [2.45, 2.75) is 45.3 Å². The minimum atomic E-state index is -1.01. The number of ether oxygens (including phenoxy) is 1. The second-order valence-corrected chi connectivity index (χ2v) is 6.16. The highest BCUT2D eigenvalue weighted by Gasteiger charge is 2.24. The van der Waals surface area contributed by atoms with Crippen molar-refractivity contribution in [1.29, 1.82) is 0 Å². The molecule has 0 aliphatic rings. The molecule has 148 valence electrons. The Morgan fingerprint density at radius 3 is 2.38 bits per heavy atom. The van der Waals surface area contributed by atoms with Crippen LogP contribution in [-0.2, 0) is 14.3 Å². The summed E-state index contributed by atoms with van der Waals surface area (Å²) in [6.45, 7) is 4.67. The summed E-state index contributed by atoms with van der Waals surface area (Å²) in [5, 5.41) is 14.0. The first kappa shape index (κ1) is 22.9. The van der Waals surface area contributed by atoms with E-state index in [0.717, 1.165) is 0 Å². The summed E-state index contributed by atoms with van der Waals surface area (Å²) in [4.78, 5) is 48.6. The molecule has 0 saturated carbocycles. The lowest BCUT2D eigenvalue weighted by Crippen LogP contribution is -2.49. The van der Waals surface area contributed by atoms with E-state index >= 15 is 0 Å². The first-order valence-corrected chi connectivity index (χ1v) is 7.67. The normalized spacial score (nSPS) is 12.7. The highest BCUT2D eigenvalue weighted by molar-refractivity contribution is 5.89. The molecule has 0 radical (unpaired) electrons. The largest absolute Gasteiger partial charge is 0.444 e. The second kappa shape index (κ2) is 10.7. The van der Waals surface area contributed by atoms with Gasteiger partial charge in [-0.05, 0) is 33.6 Å². The molecule has 26 heavy (non-hydrogen) atoms. The number of hydrazine groups is 1. The van der Waals surface area contributed by atoms with E-state index in [1.807, 2.05) is 0 Å². The molecule has 0 aromatic rings. The maximum absolute atomic E-state index is 12.1. The van der Waals surface area contributed by atoms with Crippen molar-refractivity contribution in [3.8, 4) is 0 Å². The van der Waals surface area contributed by atoms with Gasteiger partial charge >= 0.3 is 6.09 Å². The van der Waals surface area contributed by atoms with Gasteiger partial charge in [-0.3, -0.25) is 9.59 Å². The van der Waals surface area contributed by atoms with Crippen LogP contribution in [0.5, 0.6) is 0 Å². The highest BCUT2D eigenvalue weighted by Crippen LogP contribution is 2.08. The van der Waals surface area contributed by atoms with Gasteiger partial charge in [0, 0.05) is 6.54 Å². The Kier molecular flexibility index (Phi) is 9.40. The van der Waals surface area contributed by atoms with Gasteiger partial charge in [-0.25, -0.2) is 19.9 Å². The molecule has 0 aliphatic carbocycles. The first-order chi connectivity index (χ1) is 11.9. The molecule has 0 aliphatic heterocycles. The lowest BCUT2D eigenvalue weighted by molar-refractivity contribution is -0.525. The quantitative estimate of drug-likeness (QED) is 0.104. The molecule has 7 N–H and O–H groups in total. The second-order valence-electron chi connectivity index (χ2n) is 6.16. The number of carbonyl (C=O) groups is 3. The molecule has 0 aromatic heterocycles. The molecule has 0 rings (SSSR count). The van der Waals surface area contributed by atoms with Crippen molar-refractivity contribution in [3.63, 3.8) is 0 Å². The van der Waals surface area contributed by atoms with Gasteiger partial charge < -0.3 is 26.8 Å². The molecule has 0 bridgehead atoms. The number of nitrogens with zero attached hydrogens (tertiary/aromatic N) is 2. The molecular weight excluding hydrogens is 350 g/mol. The maximum atomic E-state index is 12.1. The standard InChI is InChI=1S/C13H25N7O6/c1-13(2,3)26-12(23)18-8(10(22)17-7-9(14)21)5-4-6-16-11(15)19-20(24)25/h8H,4-7H2,1-3H3,(H2,14,21)(H,17,22)(H,18,23)(H3,15,16,19)/t8-/m0/s1. The third-order valence-corrected chi connectivity index (χ3v) is 2.58. The predicted octanol–water partition coefficient (Wildman–Crippen LogP) is -1.64. The number of hydrogen-bond donors (Lipinski definition) is 5. The fourth-order valence-electron chi connectivity index (χ4n) is 1.64. The summed E-state index contributed by atoms with van der Waals surface area (Å²) >= 11 is 0. The zero-order chi connectivity index (χ0) is 20.3. The van der Waals surface area contributed by atoms with Crippen molar-refractivity contribution in [2.75, 3.05) is 13.1 Å². The smallest absolute Gasteiger partial charge is 0.408 e. The Labute approximate surface area is 150 Å². The van der Waals surface area contributed by atoms with Crippen LogP contribution in [0.3, 0.4) is 0 Å². The van der Waals surface area contributed by atoms with E-state index in [0.29, 0.717) is 0 Å². The molecule has 13 nitrogen and oxygen atoms in total. The zero-order valence-electron chi connectivity index (χ0n) is 14.9. The molecule has 13 heteroatoms. The minimum Gasteiger partial charge on any atom is -0.444 e. The van der Waals surface area contributed by atoms with Crippen molar-refractivity contribution in [2.24, 2.45) is 16.5 Å². The van der Waals surface area contributed by atoms with E-state index in [2.05, 4.69) is 15.6 Å². The SMILES string of the molecule is CC(C)(C)OC(=O)N[C@@H](CCCN=C(N)N[N+](=O)[O-])C(=O)NCC(N)=O. The van der Waals surface area contributed by atoms with E-state index in [1.165, 1.54) is 0 Å². The van der Waals surface area contributed by atoms with E-state index in [9.17, 15) is 24.5 Å². The van der Waals surface area contributed by atoms with Crippen LogP contribution in [0.15, 0.2) is 4.99 Å². The Hall–Kier alpha value is -3.12. The number of nitrogens with two attached hydrogens (primary N) is 2. The van der Waals surface area contributed by atoms with Gasteiger partial charge in [-0.15, -0.1) is 0 Å². The van der Waals surface area contributed by atoms with Gasteiger partial charge in [0.2, 0.25) is 11.8 Å².